The molecule has 0 aromatic rings. The average molecular weight is 215 g/mol. The van der Waals surface area contributed by atoms with Crippen molar-refractivity contribution in [1.82, 2.24) is 0 Å². The third-order valence-corrected chi connectivity index (χ3v) is 3.83. The van der Waals surface area contributed by atoms with Gasteiger partial charge in [0.15, 0.2) is 0 Å². The molecule has 14 heavy (non-hydrogen) atoms. The molecular weight excluding hydrogens is 198 g/mol. The third kappa shape index (κ3) is 3.67. The molecule has 0 aromatic carbocycles. The van der Waals surface area contributed by atoms with Crippen LogP contribution in [-0.4, -0.2) is 20.4 Å². The highest BCUT2D eigenvalue weighted by molar-refractivity contribution is 7.90. The van der Waals surface area contributed by atoms with Crippen molar-refractivity contribution in [1.29, 1.82) is 5.26 Å². The zero-order valence-electron chi connectivity index (χ0n) is 8.57. The zero-order chi connectivity index (χ0) is 10.6. The molecule has 0 amide bonds. The van der Waals surface area contributed by atoms with Crippen molar-refractivity contribution >= 4 is 9.84 Å². The summed E-state index contributed by atoms with van der Waals surface area (Å²) in [5.41, 5.74) is 0. The predicted molar refractivity (Wildman–Crippen MR) is 55.4 cm³/mol. The van der Waals surface area contributed by atoms with Gasteiger partial charge >= 0.3 is 0 Å². The lowest BCUT2D eigenvalue weighted by atomic mass is 9.81. The lowest BCUT2D eigenvalue weighted by Crippen LogP contribution is -2.23. The first-order valence-electron chi connectivity index (χ1n) is 5.10. The van der Waals surface area contributed by atoms with Crippen LogP contribution in [0, 0.1) is 23.2 Å². The minimum atomic E-state index is -3.01. The summed E-state index contributed by atoms with van der Waals surface area (Å²) >= 11 is 0. The second-order valence-corrected chi connectivity index (χ2v) is 6.41. The molecule has 0 radical (unpaired) electrons. The fraction of sp³-hybridized carbons (Fsp3) is 0.900. The molecule has 1 rings (SSSR count). The van der Waals surface area contributed by atoms with E-state index in [1.54, 1.807) is 0 Å². The molecule has 0 spiro atoms. The summed E-state index contributed by atoms with van der Waals surface area (Å²) < 4.78 is 22.2. The summed E-state index contributed by atoms with van der Waals surface area (Å²) in [7, 11) is -3.01. The number of nitriles is 1. The minimum absolute atomic E-state index is 0.0359. The molecule has 1 atom stereocenters. The van der Waals surface area contributed by atoms with Crippen LogP contribution in [0.4, 0.5) is 0 Å². The van der Waals surface area contributed by atoms with Crippen molar-refractivity contribution in [2.75, 3.05) is 12.0 Å². The molecule has 1 aliphatic carbocycles. The van der Waals surface area contributed by atoms with Gasteiger partial charge in [0, 0.05) is 6.26 Å². The molecule has 3 nitrogen and oxygen atoms in total. The Kier molecular flexibility index (Phi) is 3.94. The molecule has 0 heterocycles. The van der Waals surface area contributed by atoms with Crippen LogP contribution in [0.25, 0.3) is 0 Å². The van der Waals surface area contributed by atoms with Crippen molar-refractivity contribution in [2.45, 2.75) is 32.1 Å². The summed E-state index contributed by atoms with van der Waals surface area (Å²) in [6, 6.07) is 2.15. The Hall–Kier alpha value is -0.560. The predicted octanol–water partition coefficient (Wildman–Crippen LogP) is 1.75. The Morgan fingerprint density at radius 3 is 2.36 bits per heavy atom. The highest BCUT2D eigenvalue weighted by atomic mass is 32.2. The summed E-state index contributed by atoms with van der Waals surface area (Å²) in [6.45, 7) is 0. The summed E-state index contributed by atoms with van der Waals surface area (Å²) in [4.78, 5) is 0. The smallest absolute Gasteiger partial charge is 0.148 e. The largest absolute Gasteiger partial charge is 0.229 e. The molecule has 0 aromatic heterocycles. The summed E-state index contributed by atoms with van der Waals surface area (Å²) in [5, 5.41) is 8.93. The lowest BCUT2D eigenvalue weighted by Gasteiger charge is -2.25. The van der Waals surface area contributed by atoms with Crippen LogP contribution in [0.1, 0.15) is 32.1 Å². The maximum absolute atomic E-state index is 11.1. The van der Waals surface area contributed by atoms with E-state index in [-0.39, 0.29) is 11.7 Å². The Labute approximate surface area is 86.0 Å². The van der Waals surface area contributed by atoms with Crippen LogP contribution >= 0.6 is 0 Å². The fourth-order valence-electron chi connectivity index (χ4n) is 2.14. The number of sulfone groups is 1. The SMILES string of the molecule is CS(=O)(=O)CC(C#N)C1CCCCC1. The van der Waals surface area contributed by atoms with Crippen molar-refractivity contribution in [3.8, 4) is 6.07 Å². The van der Waals surface area contributed by atoms with E-state index in [9.17, 15) is 8.42 Å². The maximum atomic E-state index is 11.1. The van der Waals surface area contributed by atoms with Gasteiger partial charge in [-0.2, -0.15) is 5.26 Å². The number of hydrogen-bond acceptors (Lipinski definition) is 3. The highest BCUT2D eigenvalue weighted by Gasteiger charge is 2.26. The summed E-state index contributed by atoms with van der Waals surface area (Å²) in [6.07, 6.45) is 6.77. The van der Waals surface area contributed by atoms with Crippen LogP contribution in [-0.2, 0) is 9.84 Å². The van der Waals surface area contributed by atoms with Gasteiger partial charge in [0.25, 0.3) is 0 Å². The van der Waals surface area contributed by atoms with Gasteiger partial charge in [0.2, 0.25) is 0 Å². The van der Waals surface area contributed by atoms with E-state index < -0.39 is 9.84 Å². The van der Waals surface area contributed by atoms with E-state index in [2.05, 4.69) is 6.07 Å². The first kappa shape index (κ1) is 11.5. The number of rotatable bonds is 3. The standard InChI is InChI=1S/C10H17NO2S/c1-14(12,13)8-10(7-11)9-5-3-2-4-6-9/h9-10H,2-6,8H2,1H3. The Bertz CT molecular complexity index is 310. The van der Waals surface area contributed by atoms with E-state index in [1.807, 2.05) is 0 Å². The molecule has 0 bridgehead atoms. The molecule has 0 N–H and O–H groups in total. The maximum Gasteiger partial charge on any atom is 0.148 e. The molecule has 1 fully saturated rings. The van der Waals surface area contributed by atoms with Gasteiger partial charge in [-0.3, -0.25) is 0 Å². The van der Waals surface area contributed by atoms with Crippen molar-refractivity contribution in [3.05, 3.63) is 0 Å². The number of hydrogen-bond donors (Lipinski definition) is 0. The van der Waals surface area contributed by atoms with E-state index in [4.69, 9.17) is 5.26 Å². The monoisotopic (exact) mass is 215 g/mol. The van der Waals surface area contributed by atoms with Crippen LogP contribution < -0.4 is 0 Å². The van der Waals surface area contributed by atoms with Crippen molar-refractivity contribution in [2.24, 2.45) is 11.8 Å². The van der Waals surface area contributed by atoms with Gasteiger partial charge in [-0.1, -0.05) is 19.3 Å². The summed E-state index contributed by atoms with van der Waals surface area (Å²) in [5.74, 6) is 0.0579. The van der Waals surface area contributed by atoms with Gasteiger partial charge < -0.3 is 0 Å². The van der Waals surface area contributed by atoms with Crippen molar-refractivity contribution < 1.29 is 8.42 Å². The Morgan fingerprint density at radius 2 is 1.93 bits per heavy atom. The van der Waals surface area contributed by atoms with Crippen molar-refractivity contribution in [3.63, 3.8) is 0 Å². The number of nitrogens with zero attached hydrogens (tertiary/aromatic N) is 1. The lowest BCUT2D eigenvalue weighted by molar-refractivity contribution is 0.305. The molecular formula is C10H17NO2S. The molecule has 1 unspecified atom stereocenters. The van der Waals surface area contributed by atoms with E-state index in [0.29, 0.717) is 5.92 Å². The average Bonchev–Trinajstić information content (AvgIpc) is 2.14. The fourth-order valence-corrected chi connectivity index (χ4v) is 3.14. The van der Waals surface area contributed by atoms with Crippen LogP contribution in [0.3, 0.4) is 0 Å². The quantitative estimate of drug-likeness (QED) is 0.720. The van der Waals surface area contributed by atoms with Crippen LogP contribution in [0.15, 0.2) is 0 Å². The molecule has 80 valence electrons. The normalized spacial score (nSPS) is 21.4. The highest BCUT2D eigenvalue weighted by Crippen LogP contribution is 2.30. The second kappa shape index (κ2) is 4.79. The first-order chi connectivity index (χ1) is 6.53. The van der Waals surface area contributed by atoms with Gasteiger partial charge in [0.1, 0.15) is 9.84 Å². The van der Waals surface area contributed by atoms with Gasteiger partial charge in [-0.25, -0.2) is 8.42 Å². The van der Waals surface area contributed by atoms with E-state index in [0.717, 1.165) is 25.7 Å². The minimum Gasteiger partial charge on any atom is -0.229 e. The Balaban J connectivity index is 2.58. The third-order valence-electron chi connectivity index (χ3n) is 2.87. The molecule has 4 heteroatoms. The second-order valence-electron chi connectivity index (χ2n) is 4.23. The molecule has 0 aliphatic heterocycles. The van der Waals surface area contributed by atoms with Crippen LogP contribution in [0.5, 0.6) is 0 Å². The zero-order valence-corrected chi connectivity index (χ0v) is 9.39. The topological polar surface area (TPSA) is 57.9 Å². The van der Waals surface area contributed by atoms with Crippen LogP contribution in [0.2, 0.25) is 0 Å². The molecule has 1 saturated carbocycles. The van der Waals surface area contributed by atoms with Gasteiger partial charge in [-0.05, 0) is 18.8 Å². The Morgan fingerprint density at radius 1 is 1.36 bits per heavy atom. The van der Waals surface area contributed by atoms with Gasteiger partial charge in [-0.15, -0.1) is 0 Å². The first-order valence-corrected chi connectivity index (χ1v) is 7.16. The van der Waals surface area contributed by atoms with E-state index >= 15 is 0 Å². The van der Waals surface area contributed by atoms with Gasteiger partial charge in [0.05, 0.1) is 17.7 Å². The molecule has 1 aliphatic rings. The molecule has 0 saturated heterocycles. The van der Waals surface area contributed by atoms with E-state index in [1.165, 1.54) is 12.7 Å².